The van der Waals surface area contributed by atoms with Crippen molar-refractivity contribution in [2.24, 2.45) is 0 Å². The van der Waals surface area contributed by atoms with Crippen LogP contribution in [-0.2, 0) is 4.74 Å². The number of hydrogen-bond acceptors (Lipinski definition) is 3. The van der Waals surface area contributed by atoms with E-state index in [1.165, 1.54) is 0 Å². The highest BCUT2D eigenvalue weighted by atomic mass is 16.5. The van der Waals surface area contributed by atoms with E-state index >= 15 is 0 Å². The molecule has 2 aromatic carbocycles. The van der Waals surface area contributed by atoms with Crippen LogP contribution in [0.15, 0.2) is 60.7 Å². The second kappa shape index (κ2) is 8.82. The molecule has 0 aromatic heterocycles. The molecule has 0 aliphatic rings. The first-order valence-electron chi connectivity index (χ1n) is 8.17. The first-order chi connectivity index (χ1) is 11.1. The molecule has 0 radical (unpaired) electrons. The third-order valence-electron chi connectivity index (χ3n) is 3.78. The van der Waals surface area contributed by atoms with Gasteiger partial charge in [-0.3, -0.25) is 0 Å². The van der Waals surface area contributed by atoms with Gasteiger partial charge in [-0.2, -0.15) is 0 Å². The molecular weight excluding hydrogens is 288 g/mol. The van der Waals surface area contributed by atoms with Gasteiger partial charge in [0.05, 0.1) is 24.4 Å². The largest absolute Gasteiger partial charge is 0.393 e. The quantitative estimate of drug-likeness (QED) is 0.773. The number of benzene rings is 2. The minimum Gasteiger partial charge on any atom is -0.393 e. The van der Waals surface area contributed by atoms with Crippen molar-refractivity contribution < 1.29 is 14.9 Å². The van der Waals surface area contributed by atoms with E-state index in [2.05, 4.69) is 0 Å². The van der Waals surface area contributed by atoms with Crippen LogP contribution < -0.4 is 0 Å². The smallest absolute Gasteiger partial charge is 0.0857 e. The lowest BCUT2D eigenvalue weighted by molar-refractivity contribution is -0.0545. The van der Waals surface area contributed by atoms with Gasteiger partial charge in [0.2, 0.25) is 0 Å². The van der Waals surface area contributed by atoms with Crippen molar-refractivity contribution in [1.29, 1.82) is 0 Å². The molecule has 0 aliphatic heterocycles. The van der Waals surface area contributed by atoms with Gasteiger partial charge < -0.3 is 14.9 Å². The molecule has 4 atom stereocenters. The summed E-state index contributed by atoms with van der Waals surface area (Å²) in [6, 6.07) is 19.9. The molecule has 2 aromatic rings. The van der Waals surface area contributed by atoms with Crippen LogP contribution in [0, 0.1) is 0 Å². The summed E-state index contributed by atoms with van der Waals surface area (Å²) in [6.45, 7) is 3.54. The SMILES string of the molecule is CC(O)CC(OC(CC(C)O)c1ccccc1)c1ccccc1. The van der Waals surface area contributed by atoms with E-state index in [4.69, 9.17) is 4.74 Å². The second-order valence-electron chi connectivity index (χ2n) is 6.10. The fourth-order valence-electron chi connectivity index (χ4n) is 2.69. The van der Waals surface area contributed by atoms with Crippen molar-refractivity contribution >= 4 is 0 Å². The van der Waals surface area contributed by atoms with Crippen LogP contribution in [0.2, 0.25) is 0 Å². The molecule has 3 heteroatoms. The molecule has 23 heavy (non-hydrogen) atoms. The number of rotatable bonds is 8. The monoisotopic (exact) mass is 314 g/mol. The Bertz CT molecular complexity index is 500. The molecule has 0 heterocycles. The predicted molar refractivity (Wildman–Crippen MR) is 92.0 cm³/mol. The first-order valence-corrected chi connectivity index (χ1v) is 8.17. The Hall–Kier alpha value is -1.68. The molecule has 0 fully saturated rings. The second-order valence-corrected chi connectivity index (χ2v) is 6.10. The zero-order valence-electron chi connectivity index (χ0n) is 13.8. The minimum absolute atomic E-state index is 0.208. The van der Waals surface area contributed by atoms with Crippen molar-refractivity contribution in [3.05, 3.63) is 71.8 Å². The summed E-state index contributed by atoms with van der Waals surface area (Å²) in [5, 5.41) is 19.6. The average molecular weight is 314 g/mol. The van der Waals surface area contributed by atoms with E-state index in [1.807, 2.05) is 60.7 Å². The highest BCUT2D eigenvalue weighted by molar-refractivity contribution is 5.20. The lowest BCUT2D eigenvalue weighted by atomic mass is 10.0. The Kier molecular flexibility index (Phi) is 6.78. The minimum atomic E-state index is -0.455. The Morgan fingerprint density at radius 3 is 1.35 bits per heavy atom. The van der Waals surface area contributed by atoms with E-state index in [9.17, 15) is 10.2 Å². The Balaban J connectivity index is 2.22. The third kappa shape index (κ3) is 5.79. The number of ether oxygens (including phenoxy) is 1. The predicted octanol–water partition coefficient (Wildman–Crippen LogP) is 4.03. The zero-order valence-corrected chi connectivity index (χ0v) is 13.8. The topological polar surface area (TPSA) is 49.7 Å². The summed E-state index contributed by atoms with van der Waals surface area (Å²) in [4.78, 5) is 0. The summed E-state index contributed by atoms with van der Waals surface area (Å²) >= 11 is 0. The van der Waals surface area contributed by atoms with Crippen LogP contribution in [0.3, 0.4) is 0 Å². The molecule has 0 bridgehead atoms. The molecular formula is C20H26O3. The van der Waals surface area contributed by atoms with E-state index < -0.39 is 12.2 Å². The number of aliphatic hydroxyl groups excluding tert-OH is 2. The van der Waals surface area contributed by atoms with E-state index in [-0.39, 0.29) is 12.2 Å². The Morgan fingerprint density at radius 1 is 0.696 bits per heavy atom. The van der Waals surface area contributed by atoms with Crippen molar-refractivity contribution in [1.82, 2.24) is 0 Å². The Morgan fingerprint density at radius 2 is 1.04 bits per heavy atom. The maximum absolute atomic E-state index is 9.82. The maximum atomic E-state index is 9.82. The molecule has 4 unspecified atom stereocenters. The molecule has 3 nitrogen and oxygen atoms in total. The Labute approximate surface area is 138 Å². The van der Waals surface area contributed by atoms with Crippen molar-refractivity contribution in [3.8, 4) is 0 Å². The molecule has 0 saturated carbocycles. The van der Waals surface area contributed by atoms with Gasteiger partial charge in [-0.05, 0) is 25.0 Å². The summed E-state index contributed by atoms with van der Waals surface area (Å²) in [5.41, 5.74) is 2.08. The summed E-state index contributed by atoms with van der Waals surface area (Å²) in [7, 11) is 0. The number of aliphatic hydroxyl groups is 2. The molecule has 0 aliphatic carbocycles. The molecule has 0 spiro atoms. The lowest BCUT2D eigenvalue weighted by Crippen LogP contribution is -2.18. The third-order valence-corrected chi connectivity index (χ3v) is 3.78. The van der Waals surface area contributed by atoms with Gasteiger partial charge in [-0.1, -0.05) is 60.7 Å². The first kappa shape index (κ1) is 17.7. The van der Waals surface area contributed by atoms with Crippen LogP contribution in [0.5, 0.6) is 0 Å². The van der Waals surface area contributed by atoms with Crippen LogP contribution in [-0.4, -0.2) is 22.4 Å². The van der Waals surface area contributed by atoms with Gasteiger partial charge in [0.15, 0.2) is 0 Å². The fraction of sp³-hybridized carbons (Fsp3) is 0.400. The molecule has 124 valence electrons. The summed E-state index contributed by atoms with van der Waals surface area (Å²) in [6.07, 6.45) is -0.285. The van der Waals surface area contributed by atoms with Crippen LogP contribution in [0.4, 0.5) is 0 Å². The van der Waals surface area contributed by atoms with E-state index in [1.54, 1.807) is 13.8 Å². The van der Waals surface area contributed by atoms with Crippen molar-refractivity contribution in [2.45, 2.75) is 51.1 Å². The van der Waals surface area contributed by atoms with Crippen LogP contribution in [0.1, 0.15) is 50.0 Å². The van der Waals surface area contributed by atoms with Gasteiger partial charge in [0.1, 0.15) is 0 Å². The van der Waals surface area contributed by atoms with Gasteiger partial charge in [0, 0.05) is 12.8 Å². The van der Waals surface area contributed by atoms with Gasteiger partial charge >= 0.3 is 0 Å². The maximum Gasteiger partial charge on any atom is 0.0857 e. The molecule has 0 amide bonds. The highest BCUT2D eigenvalue weighted by Gasteiger charge is 2.22. The van der Waals surface area contributed by atoms with Crippen LogP contribution in [0.25, 0.3) is 0 Å². The van der Waals surface area contributed by atoms with Gasteiger partial charge in [-0.15, -0.1) is 0 Å². The zero-order chi connectivity index (χ0) is 16.7. The van der Waals surface area contributed by atoms with Crippen molar-refractivity contribution in [2.75, 3.05) is 0 Å². The molecule has 2 rings (SSSR count). The van der Waals surface area contributed by atoms with E-state index in [0.29, 0.717) is 12.8 Å². The van der Waals surface area contributed by atoms with Gasteiger partial charge in [0.25, 0.3) is 0 Å². The normalized spacial score (nSPS) is 16.5. The van der Waals surface area contributed by atoms with Gasteiger partial charge in [-0.25, -0.2) is 0 Å². The summed E-state index contributed by atoms with van der Waals surface area (Å²) in [5.74, 6) is 0. The fourth-order valence-corrected chi connectivity index (χ4v) is 2.69. The van der Waals surface area contributed by atoms with E-state index in [0.717, 1.165) is 11.1 Å². The molecule has 2 N–H and O–H groups in total. The standard InChI is InChI=1S/C20H26O3/c1-15(21)13-19(17-9-5-3-6-10-17)23-20(14-16(2)22)18-11-7-4-8-12-18/h3-12,15-16,19-22H,13-14H2,1-2H3. The summed E-state index contributed by atoms with van der Waals surface area (Å²) < 4.78 is 6.32. The van der Waals surface area contributed by atoms with Crippen LogP contribution >= 0.6 is 0 Å². The van der Waals surface area contributed by atoms with Crippen molar-refractivity contribution in [3.63, 3.8) is 0 Å². The average Bonchev–Trinajstić information content (AvgIpc) is 2.54. The number of hydrogen-bond donors (Lipinski definition) is 2. The molecule has 0 saturated heterocycles. The lowest BCUT2D eigenvalue weighted by Gasteiger charge is -2.27. The highest BCUT2D eigenvalue weighted by Crippen LogP contribution is 2.32.